The van der Waals surface area contributed by atoms with E-state index in [2.05, 4.69) is 19.6 Å². The largest absolute Gasteiger partial charge is 0.348 e. The second-order valence-electron chi connectivity index (χ2n) is 7.70. The van der Waals surface area contributed by atoms with Gasteiger partial charge in [-0.05, 0) is 60.8 Å². The molecule has 3 heterocycles. The predicted octanol–water partition coefficient (Wildman–Crippen LogP) is 6.07. The molecule has 0 bridgehead atoms. The Bertz CT molecular complexity index is 1410. The lowest BCUT2D eigenvalue weighted by Gasteiger charge is -2.12. The van der Waals surface area contributed by atoms with Gasteiger partial charge in [-0.1, -0.05) is 17.4 Å². The second kappa shape index (κ2) is 9.92. The SMILES string of the molecule is O=S(Nc1cc(-c2nc(N3CCCC3)sc2-c2ccnc(Cl)n2)ccc1F)c1c(F)cccc1F. The molecule has 4 aromatic rings. The van der Waals surface area contributed by atoms with Crippen LogP contribution in [0, 0.1) is 17.5 Å². The number of nitrogens with one attached hydrogen (secondary N) is 1. The summed E-state index contributed by atoms with van der Waals surface area (Å²) in [5.74, 6) is -2.73. The molecule has 2 aromatic heterocycles. The summed E-state index contributed by atoms with van der Waals surface area (Å²) in [5, 5.41) is 0.867. The Morgan fingerprint density at radius 2 is 1.74 bits per heavy atom. The standard InChI is InChI=1S/C23H17ClF3N5OS2/c24-22-28-9-8-17(29-22)20-19(30-23(34-20)32-10-1-2-11-32)13-6-7-14(25)18(12-13)31-35(33)21-15(26)4-3-5-16(21)27/h3-9,12,31H,1-2,10-11H2. The number of anilines is 2. The minimum absolute atomic E-state index is 0.0772. The first-order chi connectivity index (χ1) is 16.9. The van der Waals surface area contributed by atoms with Gasteiger partial charge in [0, 0.05) is 24.8 Å². The van der Waals surface area contributed by atoms with Crippen LogP contribution in [0.1, 0.15) is 12.8 Å². The topological polar surface area (TPSA) is 71.0 Å². The zero-order valence-corrected chi connectivity index (χ0v) is 20.4. The van der Waals surface area contributed by atoms with Gasteiger partial charge >= 0.3 is 0 Å². The molecule has 1 N–H and O–H groups in total. The van der Waals surface area contributed by atoms with Crippen molar-refractivity contribution >= 4 is 44.7 Å². The summed E-state index contributed by atoms with van der Waals surface area (Å²) in [6.07, 6.45) is 3.66. The Balaban J connectivity index is 1.56. The highest BCUT2D eigenvalue weighted by atomic mass is 35.5. The number of halogens is 4. The van der Waals surface area contributed by atoms with Crippen LogP contribution in [-0.2, 0) is 11.0 Å². The second-order valence-corrected chi connectivity index (χ2v) is 10.2. The van der Waals surface area contributed by atoms with Crippen LogP contribution in [0.25, 0.3) is 21.8 Å². The van der Waals surface area contributed by atoms with Crippen LogP contribution in [0.15, 0.2) is 53.6 Å². The highest BCUT2D eigenvalue weighted by molar-refractivity contribution is 7.86. The van der Waals surface area contributed by atoms with Gasteiger partial charge in [0.1, 0.15) is 22.3 Å². The van der Waals surface area contributed by atoms with E-state index in [1.807, 2.05) is 0 Å². The number of thiazole rings is 1. The third-order valence-electron chi connectivity index (χ3n) is 5.40. The summed E-state index contributed by atoms with van der Waals surface area (Å²) in [6, 6.07) is 8.95. The van der Waals surface area contributed by atoms with Crippen molar-refractivity contribution in [3.8, 4) is 21.8 Å². The third kappa shape index (κ3) is 4.89. The van der Waals surface area contributed by atoms with Gasteiger partial charge in [0.25, 0.3) is 0 Å². The van der Waals surface area contributed by atoms with Crippen LogP contribution in [0.2, 0.25) is 5.28 Å². The lowest BCUT2D eigenvalue weighted by Crippen LogP contribution is -2.17. The van der Waals surface area contributed by atoms with Crippen molar-refractivity contribution in [1.29, 1.82) is 0 Å². The zero-order chi connectivity index (χ0) is 24.5. The Morgan fingerprint density at radius 3 is 2.46 bits per heavy atom. The average molecular weight is 536 g/mol. The fourth-order valence-corrected chi connectivity index (χ4v) is 5.95. The lowest BCUT2D eigenvalue weighted by atomic mass is 10.1. The highest BCUT2D eigenvalue weighted by Crippen LogP contribution is 2.41. The summed E-state index contributed by atoms with van der Waals surface area (Å²) in [5.41, 5.74) is 1.40. The van der Waals surface area contributed by atoms with Crippen LogP contribution >= 0.6 is 22.9 Å². The van der Waals surface area contributed by atoms with E-state index in [1.165, 1.54) is 35.7 Å². The first kappa shape index (κ1) is 23.7. The summed E-state index contributed by atoms with van der Waals surface area (Å²) in [6.45, 7) is 1.75. The van der Waals surface area contributed by atoms with Gasteiger partial charge in [-0.2, -0.15) is 0 Å². The van der Waals surface area contributed by atoms with E-state index in [9.17, 15) is 17.4 Å². The van der Waals surface area contributed by atoms with Gasteiger partial charge in [0.2, 0.25) is 5.28 Å². The fraction of sp³-hybridized carbons (Fsp3) is 0.174. The van der Waals surface area contributed by atoms with Gasteiger partial charge in [-0.25, -0.2) is 32.3 Å². The molecule has 1 atom stereocenters. The molecule has 1 unspecified atom stereocenters. The molecule has 0 amide bonds. The first-order valence-corrected chi connectivity index (χ1v) is 12.9. The molecule has 1 aliphatic heterocycles. The summed E-state index contributed by atoms with van der Waals surface area (Å²) in [7, 11) is -2.38. The molecule has 5 rings (SSSR count). The molecule has 6 nitrogen and oxygen atoms in total. The summed E-state index contributed by atoms with van der Waals surface area (Å²) >= 11 is 7.44. The lowest BCUT2D eigenvalue weighted by molar-refractivity contribution is 0.535. The van der Waals surface area contributed by atoms with Crippen molar-refractivity contribution in [1.82, 2.24) is 15.0 Å². The van der Waals surface area contributed by atoms with Crippen molar-refractivity contribution in [3.05, 3.63) is 71.4 Å². The molecular weight excluding hydrogens is 519 g/mol. The van der Waals surface area contributed by atoms with Crippen LogP contribution in [0.5, 0.6) is 0 Å². The van der Waals surface area contributed by atoms with E-state index < -0.39 is 33.3 Å². The van der Waals surface area contributed by atoms with Gasteiger partial charge in [0.15, 0.2) is 16.1 Å². The van der Waals surface area contributed by atoms with Gasteiger partial charge in [0.05, 0.1) is 22.0 Å². The van der Waals surface area contributed by atoms with Gasteiger partial charge in [-0.15, -0.1) is 0 Å². The Kier molecular flexibility index (Phi) is 6.72. The Labute approximate surface area is 210 Å². The Morgan fingerprint density at radius 1 is 1.00 bits per heavy atom. The maximum absolute atomic E-state index is 14.6. The number of nitrogens with zero attached hydrogens (tertiary/aromatic N) is 4. The number of benzene rings is 2. The number of hydrogen-bond acceptors (Lipinski definition) is 6. The van der Waals surface area contributed by atoms with E-state index in [4.69, 9.17) is 16.6 Å². The molecule has 1 aliphatic rings. The summed E-state index contributed by atoms with van der Waals surface area (Å²) in [4.78, 5) is 15.2. The van der Waals surface area contributed by atoms with Crippen LogP contribution in [-0.4, -0.2) is 32.3 Å². The minimum Gasteiger partial charge on any atom is -0.348 e. The molecule has 0 saturated carbocycles. The van der Waals surface area contributed by atoms with Crippen molar-refractivity contribution in [2.45, 2.75) is 17.7 Å². The molecule has 0 spiro atoms. The smallest absolute Gasteiger partial charge is 0.222 e. The first-order valence-electron chi connectivity index (χ1n) is 10.6. The molecule has 0 radical (unpaired) electrons. The van der Waals surface area contributed by atoms with Gasteiger partial charge < -0.3 is 4.90 Å². The van der Waals surface area contributed by atoms with E-state index in [1.54, 1.807) is 6.07 Å². The normalized spacial score (nSPS) is 14.3. The molecule has 0 aliphatic carbocycles. The van der Waals surface area contributed by atoms with Crippen molar-refractivity contribution < 1.29 is 17.4 Å². The maximum atomic E-state index is 14.6. The van der Waals surface area contributed by atoms with E-state index >= 15 is 0 Å². The van der Waals surface area contributed by atoms with E-state index in [0.29, 0.717) is 21.8 Å². The van der Waals surface area contributed by atoms with Gasteiger partial charge in [-0.3, -0.25) is 4.72 Å². The molecule has 12 heteroatoms. The fourth-order valence-electron chi connectivity index (χ4n) is 3.74. The molecule has 1 fully saturated rings. The third-order valence-corrected chi connectivity index (χ3v) is 7.88. The van der Waals surface area contributed by atoms with Crippen molar-refractivity contribution in [3.63, 3.8) is 0 Å². The Hall–Kier alpha value is -3.02. The monoisotopic (exact) mass is 535 g/mol. The van der Waals surface area contributed by atoms with E-state index in [-0.39, 0.29) is 11.0 Å². The van der Waals surface area contributed by atoms with Crippen LogP contribution in [0.4, 0.5) is 24.0 Å². The summed E-state index contributed by atoms with van der Waals surface area (Å²) < 4.78 is 57.8. The molecule has 35 heavy (non-hydrogen) atoms. The van der Waals surface area contributed by atoms with Crippen molar-refractivity contribution in [2.24, 2.45) is 0 Å². The number of hydrogen-bond donors (Lipinski definition) is 1. The van der Waals surface area contributed by atoms with E-state index in [0.717, 1.165) is 49.3 Å². The molecule has 2 aromatic carbocycles. The maximum Gasteiger partial charge on any atom is 0.222 e. The quantitative estimate of drug-likeness (QED) is 0.303. The minimum atomic E-state index is -2.38. The molecule has 180 valence electrons. The average Bonchev–Trinajstić information content (AvgIpc) is 3.51. The van der Waals surface area contributed by atoms with Crippen LogP contribution in [0.3, 0.4) is 0 Å². The number of aromatic nitrogens is 3. The molecular formula is C23H17ClF3N5OS2. The number of rotatable bonds is 6. The zero-order valence-electron chi connectivity index (χ0n) is 18.0. The highest BCUT2D eigenvalue weighted by Gasteiger charge is 2.23. The van der Waals surface area contributed by atoms with Crippen LogP contribution < -0.4 is 9.62 Å². The predicted molar refractivity (Wildman–Crippen MR) is 131 cm³/mol. The van der Waals surface area contributed by atoms with Crippen molar-refractivity contribution in [2.75, 3.05) is 22.7 Å². The molecule has 1 saturated heterocycles.